The van der Waals surface area contributed by atoms with Crippen molar-refractivity contribution in [1.82, 2.24) is 14.8 Å². The third-order valence-corrected chi connectivity index (χ3v) is 5.40. The number of hydrogen-bond acceptors (Lipinski definition) is 4. The van der Waals surface area contributed by atoms with Crippen molar-refractivity contribution in [2.24, 2.45) is 5.92 Å². The Morgan fingerprint density at radius 3 is 2.65 bits per heavy atom. The van der Waals surface area contributed by atoms with E-state index in [1.54, 1.807) is 18.3 Å². The highest BCUT2D eigenvalue weighted by Gasteiger charge is 2.37. The van der Waals surface area contributed by atoms with Gasteiger partial charge >= 0.3 is 0 Å². The summed E-state index contributed by atoms with van der Waals surface area (Å²) in [6, 6.07) is 10.3. The lowest BCUT2D eigenvalue weighted by Gasteiger charge is -2.36. The molecule has 3 fully saturated rings. The molecule has 1 amide bonds. The average molecular weight is 354 g/mol. The smallest absolute Gasteiger partial charge is 0.255 e. The van der Waals surface area contributed by atoms with E-state index in [0.29, 0.717) is 17.3 Å². The van der Waals surface area contributed by atoms with Crippen LogP contribution in [0.1, 0.15) is 28.8 Å². The number of nitrogen functional groups attached to an aromatic ring is 1. The molecule has 0 radical (unpaired) electrons. The summed E-state index contributed by atoms with van der Waals surface area (Å²) >= 11 is 0. The molecule has 2 atom stereocenters. The molecule has 3 aliphatic rings. The van der Waals surface area contributed by atoms with Crippen molar-refractivity contribution in [3.05, 3.63) is 59.5 Å². The van der Waals surface area contributed by atoms with E-state index in [0.717, 1.165) is 44.6 Å². The third kappa shape index (κ3) is 3.55. The average Bonchev–Trinajstić information content (AvgIpc) is 2.94. The van der Waals surface area contributed by atoms with Gasteiger partial charge in [-0.1, -0.05) is 12.1 Å². The van der Waals surface area contributed by atoms with Crippen LogP contribution >= 0.6 is 0 Å². The van der Waals surface area contributed by atoms with Gasteiger partial charge in [0.15, 0.2) is 0 Å². The fourth-order valence-electron chi connectivity index (χ4n) is 4.10. The van der Waals surface area contributed by atoms with Gasteiger partial charge in [-0.3, -0.25) is 9.69 Å². The second-order valence-electron chi connectivity index (χ2n) is 7.35. The van der Waals surface area contributed by atoms with Crippen LogP contribution in [0.3, 0.4) is 0 Å². The number of anilines is 1. The van der Waals surface area contributed by atoms with Crippen LogP contribution in [0.2, 0.25) is 0 Å². The Kier molecular flexibility index (Phi) is 4.59. The number of hydrogen-bond donors (Lipinski definition) is 1. The number of rotatable bonds is 3. The number of aromatic nitrogens is 1. The van der Waals surface area contributed by atoms with Crippen LogP contribution in [-0.4, -0.2) is 46.4 Å². The maximum atomic E-state index is 13.1. The van der Waals surface area contributed by atoms with Crippen LogP contribution in [-0.2, 0) is 6.54 Å². The minimum absolute atomic E-state index is 0.0378. The summed E-state index contributed by atoms with van der Waals surface area (Å²) in [5.74, 6) is 0.721. The van der Waals surface area contributed by atoms with E-state index >= 15 is 0 Å². The number of pyridine rings is 1. The zero-order chi connectivity index (χ0) is 18.1. The first-order chi connectivity index (χ1) is 12.6. The van der Waals surface area contributed by atoms with E-state index in [1.165, 1.54) is 12.1 Å². The predicted molar refractivity (Wildman–Crippen MR) is 97.9 cm³/mol. The highest BCUT2D eigenvalue weighted by molar-refractivity contribution is 5.94. The number of fused-ring (bicyclic) bond motifs is 4. The molecule has 0 spiro atoms. The number of benzene rings is 1. The summed E-state index contributed by atoms with van der Waals surface area (Å²) in [6.45, 7) is 3.40. The summed E-state index contributed by atoms with van der Waals surface area (Å²) in [4.78, 5) is 21.4. The molecular weight excluding hydrogens is 331 g/mol. The van der Waals surface area contributed by atoms with Crippen molar-refractivity contribution in [1.29, 1.82) is 0 Å². The maximum Gasteiger partial charge on any atom is 0.255 e. The van der Waals surface area contributed by atoms with Gasteiger partial charge < -0.3 is 10.6 Å². The Labute approximate surface area is 152 Å². The minimum Gasteiger partial charge on any atom is -0.384 e. The first-order valence-electron chi connectivity index (χ1n) is 9.08. The van der Waals surface area contributed by atoms with Crippen molar-refractivity contribution in [2.45, 2.75) is 25.4 Å². The van der Waals surface area contributed by atoms with Crippen LogP contribution in [0.25, 0.3) is 0 Å². The van der Waals surface area contributed by atoms with E-state index in [2.05, 4.69) is 9.88 Å². The highest BCUT2D eigenvalue weighted by atomic mass is 19.1. The molecule has 3 saturated heterocycles. The first-order valence-corrected chi connectivity index (χ1v) is 9.08. The molecule has 0 saturated carbocycles. The molecule has 2 bridgehead atoms. The molecule has 5 rings (SSSR count). The summed E-state index contributed by atoms with van der Waals surface area (Å²) < 4.78 is 13.1. The summed E-state index contributed by atoms with van der Waals surface area (Å²) in [5.41, 5.74) is 7.32. The number of nitrogens with zero attached hydrogens (tertiary/aromatic N) is 3. The summed E-state index contributed by atoms with van der Waals surface area (Å²) in [7, 11) is 0. The zero-order valence-electron chi connectivity index (χ0n) is 14.6. The molecule has 26 heavy (non-hydrogen) atoms. The second-order valence-corrected chi connectivity index (χ2v) is 7.35. The van der Waals surface area contributed by atoms with Gasteiger partial charge in [-0.2, -0.15) is 0 Å². The molecule has 6 heteroatoms. The Hall–Kier alpha value is -2.47. The molecule has 0 aliphatic carbocycles. The van der Waals surface area contributed by atoms with Crippen molar-refractivity contribution < 1.29 is 9.18 Å². The van der Waals surface area contributed by atoms with Crippen molar-refractivity contribution in [2.75, 3.05) is 25.4 Å². The number of halogens is 1. The molecule has 1 aromatic heterocycles. The van der Waals surface area contributed by atoms with E-state index < -0.39 is 0 Å². The van der Waals surface area contributed by atoms with Gasteiger partial charge in [0, 0.05) is 38.4 Å². The Morgan fingerprint density at radius 2 is 1.92 bits per heavy atom. The Morgan fingerprint density at radius 1 is 1.12 bits per heavy atom. The van der Waals surface area contributed by atoms with E-state index in [9.17, 15) is 9.18 Å². The Balaban J connectivity index is 1.48. The van der Waals surface area contributed by atoms with Crippen molar-refractivity contribution >= 4 is 11.7 Å². The molecule has 4 heterocycles. The number of carbonyl (C=O) groups excluding carboxylic acids is 1. The normalized spacial score (nSPS) is 23.0. The topological polar surface area (TPSA) is 62.5 Å². The first kappa shape index (κ1) is 17.0. The van der Waals surface area contributed by atoms with Gasteiger partial charge in [0.05, 0.1) is 5.56 Å². The zero-order valence-corrected chi connectivity index (χ0v) is 14.6. The lowest BCUT2D eigenvalue weighted by Crippen LogP contribution is -2.47. The van der Waals surface area contributed by atoms with Gasteiger partial charge in [0.1, 0.15) is 11.6 Å². The highest BCUT2D eigenvalue weighted by Crippen LogP contribution is 2.30. The monoisotopic (exact) mass is 354 g/mol. The molecular formula is C20H23FN4O. The number of carbonyl (C=O) groups is 1. The van der Waals surface area contributed by atoms with Gasteiger partial charge in [-0.05, 0) is 48.6 Å². The SMILES string of the molecule is Nc1ccc(C(=O)N2C[C@H]3CC[C@@H]2CN(Cc2ccc(F)cc2)C3)cn1. The van der Waals surface area contributed by atoms with Gasteiger partial charge in [0.25, 0.3) is 5.91 Å². The molecule has 0 unspecified atom stereocenters. The quantitative estimate of drug-likeness (QED) is 0.920. The summed E-state index contributed by atoms with van der Waals surface area (Å²) in [6.07, 6.45) is 3.74. The minimum atomic E-state index is -0.210. The fourth-order valence-corrected chi connectivity index (χ4v) is 4.10. The van der Waals surface area contributed by atoms with Crippen LogP contribution in [0.4, 0.5) is 10.2 Å². The Bertz CT molecular complexity index is 777. The van der Waals surface area contributed by atoms with Crippen LogP contribution in [0.15, 0.2) is 42.6 Å². The number of nitrogens with two attached hydrogens (primary N) is 1. The standard InChI is InChI=1S/C20H23FN4O/c21-17-5-1-14(2-6-17)10-24-11-15-3-7-18(13-24)25(12-15)20(26)16-4-8-19(22)23-9-16/h1-2,4-6,8-9,15,18H,3,7,10-13H2,(H2,22,23)/t15-,18+/m0/s1. The third-order valence-electron chi connectivity index (χ3n) is 5.40. The number of amides is 1. The van der Waals surface area contributed by atoms with Gasteiger partial charge in [-0.15, -0.1) is 0 Å². The summed E-state index contributed by atoms with van der Waals surface area (Å²) in [5, 5.41) is 0. The van der Waals surface area contributed by atoms with E-state index in [1.807, 2.05) is 17.0 Å². The number of piperidine rings is 1. The van der Waals surface area contributed by atoms with Crippen molar-refractivity contribution in [3.63, 3.8) is 0 Å². The van der Waals surface area contributed by atoms with Crippen molar-refractivity contribution in [3.8, 4) is 0 Å². The molecule has 2 aromatic rings. The van der Waals surface area contributed by atoms with E-state index in [-0.39, 0.29) is 17.8 Å². The van der Waals surface area contributed by atoms with Gasteiger partial charge in [0.2, 0.25) is 0 Å². The van der Waals surface area contributed by atoms with E-state index in [4.69, 9.17) is 5.73 Å². The maximum absolute atomic E-state index is 13.1. The lowest BCUT2D eigenvalue weighted by atomic mass is 9.94. The largest absolute Gasteiger partial charge is 0.384 e. The predicted octanol–water partition coefficient (Wildman–Crippen LogP) is 2.54. The molecule has 5 nitrogen and oxygen atoms in total. The van der Waals surface area contributed by atoms with Crippen LogP contribution < -0.4 is 5.73 Å². The molecule has 136 valence electrons. The molecule has 1 aromatic carbocycles. The fraction of sp³-hybridized carbons (Fsp3) is 0.400. The van der Waals surface area contributed by atoms with Crippen LogP contribution in [0.5, 0.6) is 0 Å². The lowest BCUT2D eigenvalue weighted by molar-refractivity contribution is 0.0584. The molecule has 2 N–H and O–H groups in total. The second kappa shape index (κ2) is 7.03. The van der Waals surface area contributed by atoms with Gasteiger partial charge in [-0.25, -0.2) is 9.37 Å². The molecule has 3 aliphatic heterocycles. The van der Waals surface area contributed by atoms with Crippen LogP contribution in [0, 0.1) is 11.7 Å².